The third-order valence-electron chi connectivity index (χ3n) is 9.38. The summed E-state index contributed by atoms with van der Waals surface area (Å²) in [6.07, 6.45) is 1.96. The van der Waals surface area contributed by atoms with E-state index in [1.165, 1.54) is 14.2 Å². The van der Waals surface area contributed by atoms with Gasteiger partial charge in [0.05, 0.1) is 41.8 Å². The Bertz CT molecular complexity index is 2250. The third-order valence-corrected chi connectivity index (χ3v) is 9.70. The molecule has 0 saturated carbocycles. The van der Waals surface area contributed by atoms with E-state index in [0.717, 1.165) is 74.0 Å². The van der Waals surface area contributed by atoms with Gasteiger partial charge in [-0.3, -0.25) is 14.2 Å². The quantitative estimate of drug-likeness (QED) is 0.147. The fourth-order valence-electron chi connectivity index (χ4n) is 6.98. The standard InChI is InChI=1S/C38H41ClN6O5/c1-22-34(35-30(39)15-13-28-29(14-16-33(47)49-5)37(38(48)50-6)43(2)36(28)35)31(45(4)41-22)21-40-20-25-19-26(44(3)42-25)12-11-23-17-24-9-7-8-10-27(24)32(46)18-23/h7-10,13,15,17-19,40,46H,11-12,14,16,20-21H2,1-6H3. The van der Waals surface area contributed by atoms with Gasteiger partial charge in [-0.15, -0.1) is 0 Å². The lowest BCUT2D eigenvalue weighted by Crippen LogP contribution is -2.16. The summed E-state index contributed by atoms with van der Waals surface area (Å²) in [5, 5.41) is 26.8. The zero-order valence-electron chi connectivity index (χ0n) is 29.1. The Morgan fingerprint density at radius 2 is 1.66 bits per heavy atom. The van der Waals surface area contributed by atoms with Gasteiger partial charge in [-0.05, 0) is 60.9 Å². The molecule has 6 aromatic rings. The number of benzene rings is 3. The molecule has 0 fully saturated rings. The van der Waals surface area contributed by atoms with E-state index in [-0.39, 0.29) is 12.4 Å². The molecule has 6 rings (SSSR count). The number of methoxy groups -OCH3 is 2. The average molecular weight is 697 g/mol. The predicted octanol–water partition coefficient (Wildman–Crippen LogP) is 6.10. The van der Waals surface area contributed by atoms with Crippen LogP contribution in [-0.2, 0) is 67.8 Å². The van der Waals surface area contributed by atoms with E-state index in [1.807, 2.05) is 72.8 Å². The number of ether oxygens (including phenoxy) is 2. The fraction of sp³-hybridized carbons (Fsp3) is 0.316. The zero-order valence-corrected chi connectivity index (χ0v) is 29.9. The van der Waals surface area contributed by atoms with Gasteiger partial charge in [0.25, 0.3) is 0 Å². The molecule has 3 heterocycles. The molecule has 12 heteroatoms. The largest absolute Gasteiger partial charge is 0.507 e. The molecule has 3 aromatic carbocycles. The molecule has 50 heavy (non-hydrogen) atoms. The van der Waals surface area contributed by atoms with Crippen LogP contribution in [0.5, 0.6) is 5.75 Å². The van der Waals surface area contributed by atoms with Crippen molar-refractivity contribution in [3.63, 3.8) is 0 Å². The van der Waals surface area contributed by atoms with Gasteiger partial charge in [0.1, 0.15) is 11.4 Å². The van der Waals surface area contributed by atoms with Crippen LogP contribution in [0, 0.1) is 6.92 Å². The van der Waals surface area contributed by atoms with E-state index >= 15 is 0 Å². The summed E-state index contributed by atoms with van der Waals surface area (Å²) >= 11 is 6.96. The summed E-state index contributed by atoms with van der Waals surface area (Å²) in [7, 11) is 8.34. The van der Waals surface area contributed by atoms with E-state index in [0.29, 0.717) is 41.5 Å². The first-order chi connectivity index (χ1) is 24.0. The second-order valence-electron chi connectivity index (χ2n) is 12.5. The van der Waals surface area contributed by atoms with Crippen LogP contribution in [0.15, 0.2) is 54.6 Å². The summed E-state index contributed by atoms with van der Waals surface area (Å²) in [5.74, 6) is -0.570. The molecule has 0 saturated heterocycles. The molecule has 260 valence electrons. The molecule has 3 aromatic heterocycles. The third kappa shape index (κ3) is 6.58. The molecule has 0 bridgehead atoms. The summed E-state index contributed by atoms with van der Waals surface area (Å²) in [6, 6.07) is 17.6. The Hall–Kier alpha value is -5.13. The van der Waals surface area contributed by atoms with Crippen LogP contribution < -0.4 is 5.32 Å². The number of nitrogens with one attached hydrogen (secondary N) is 1. The van der Waals surface area contributed by atoms with Gasteiger partial charge in [-0.1, -0.05) is 48.0 Å². The monoisotopic (exact) mass is 696 g/mol. The average Bonchev–Trinajstić information content (AvgIpc) is 3.70. The number of nitrogens with zero attached hydrogens (tertiary/aromatic N) is 5. The maximum absolute atomic E-state index is 13.0. The van der Waals surface area contributed by atoms with Crippen LogP contribution in [0.4, 0.5) is 0 Å². The lowest BCUT2D eigenvalue weighted by Gasteiger charge is -2.13. The number of phenolic OH excluding ortho intramolecular Hbond substituents is 1. The van der Waals surface area contributed by atoms with Gasteiger partial charge in [0, 0.05) is 68.2 Å². The van der Waals surface area contributed by atoms with Gasteiger partial charge in [0.2, 0.25) is 0 Å². The maximum atomic E-state index is 13.0. The van der Waals surface area contributed by atoms with E-state index in [4.69, 9.17) is 31.3 Å². The van der Waals surface area contributed by atoms with Crippen molar-refractivity contribution in [3.05, 3.63) is 99.2 Å². The first kappa shape index (κ1) is 34.7. The van der Waals surface area contributed by atoms with Gasteiger partial charge in [0.15, 0.2) is 0 Å². The summed E-state index contributed by atoms with van der Waals surface area (Å²) in [5.41, 5.74) is 8.21. The highest BCUT2D eigenvalue weighted by molar-refractivity contribution is 6.35. The Balaban J connectivity index is 1.25. The van der Waals surface area contributed by atoms with Gasteiger partial charge < -0.3 is 24.5 Å². The Morgan fingerprint density at radius 3 is 2.42 bits per heavy atom. The number of phenols is 1. The second-order valence-corrected chi connectivity index (χ2v) is 12.9. The minimum Gasteiger partial charge on any atom is -0.507 e. The first-order valence-electron chi connectivity index (χ1n) is 16.4. The minimum absolute atomic E-state index is 0.112. The van der Waals surface area contributed by atoms with E-state index in [9.17, 15) is 14.7 Å². The van der Waals surface area contributed by atoms with E-state index in [2.05, 4.69) is 17.4 Å². The summed E-state index contributed by atoms with van der Waals surface area (Å²) in [4.78, 5) is 25.1. The zero-order chi connectivity index (χ0) is 35.7. The lowest BCUT2D eigenvalue weighted by molar-refractivity contribution is -0.140. The highest BCUT2D eigenvalue weighted by atomic mass is 35.5. The lowest BCUT2D eigenvalue weighted by atomic mass is 9.98. The molecule has 11 nitrogen and oxygen atoms in total. The number of hydrogen-bond acceptors (Lipinski definition) is 8. The predicted molar refractivity (Wildman–Crippen MR) is 193 cm³/mol. The van der Waals surface area contributed by atoms with Crippen molar-refractivity contribution in [2.24, 2.45) is 21.1 Å². The molecular formula is C38H41ClN6O5. The summed E-state index contributed by atoms with van der Waals surface area (Å²) < 4.78 is 15.6. The number of carbonyl (C=O) groups excluding carboxylic acids is 2. The highest BCUT2D eigenvalue weighted by Gasteiger charge is 2.28. The van der Waals surface area contributed by atoms with Crippen LogP contribution in [0.3, 0.4) is 0 Å². The molecule has 2 N–H and O–H groups in total. The Kier molecular flexibility index (Phi) is 9.99. The minimum atomic E-state index is -0.499. The SMILES string of the molecule is COC(=O)CCc1c(C(=O)OC)n(C)c2c(-c3c(C)nn(C)c3CNCc3cc(CCc4cc(O)c5ccccc5c4)n(C)n3)c(Cl)ccc12. The number of aromatic nitrogens is 5. The molecule has 0 atom stereocenters. The van der Waals surface area contributed by atoms with Crippen LogP contribution in [0.25, 0.3) is 32.8 Å². The number of fused-ring (bicyclic) bond motifs is 2. The van der Waals surface area contributed by atoms with Crippen LogP contribution in [-0.4, -0.2) is 55.4 Å². The molecule has 0 spiro atoms. The molecular weight excluding hydrogens is 656 g/mol. The second kappa shape index (κ2) is 14.4. The molecule has 0 aliphatic heterocycles. The van der Waals surface area contributed by atoms with Crippen molar-refractivity contribution in [2.75, 3.05) is 14.2 Å². The number of aromatic hydroxyl groups is 1. The van der Waals surface area contributed by atoms with Crippen molar-refractivity contribution in [2.45, 2.75) is 45.7 Å². The maximum Gasteiger partial charge on any atom is 0.354 e. The molecule has 0 aliphatic rings. The first-order valence-corrected chi connectivity index (χ1v) is 16.8. The molecule has 0 unspecified atom stereocenters. The molecule has 0 aliphatic carbocycles. The van der Waals surface area contributed by atoms with E-state index in [1.54, 1.807) is 11.6 Å². The van der Waals surface area contributed by atoms with Crippen molar-refractivity contribution in [1.82, 2.24) is 29.4 Å². The van der Waals surface area contributed by atoms with E-state index < -0.39 is 5.97 Å². The number of esters is 2. The number of aryl methyl sites for hydroxylation is 7. The number of halogens is 1. The fourth-order valence-corrected chi connectivity index (χ4v) is 7.23. The van der Waals surface area contributed by atoms with Crippen LogP contribution in [0.1, 0.15) is 50.8 Å². The van der Waals surface area contributed by atoms with Crippen molar-refractivity contribution < 1.29 is 24.2 Å². The topological polar surface area (TPSA) is 125 Å². The number of rotatable bonds is 12. The van der Waals surface area contributed by atoms with Gasteiger partial charge >= 0.3 is 11.9 Å². The number of carbonyl (C=O) groups is 2. The Labute approximate surface area is 295 Å². The normalized spacial score (nSPS) is 11.5. The van der Waals surface area contributed by atoms with Crippen molar-refractivity contribution >= 4 is 45.2 Å². The van der Waals surface area contributed by atoms with Crippen molar-refractivity contribution in [3.8, 4) is 16.9 Å². The smallest absolute Gasteiger partial charge is 0.354 e. The highest BCUT2D eigenvalue weighted by Crippen LogP contribution is 2.42. The van der Waals surface area contributed by atoms with Crippen LogP contribution >= 0.6 is 11.6 Å². The van der Waals surface area contributed by atoms with Gasteiger partial charge in [-0.2, -0.15) is 10.2 Å². The molecule has 0 radical (unpaired) electrons. The number of hydrogen-bond donors (Lipinski definition) is 2. The van der Waals surface area contributed by atoms with Crippen molar-refractivity contribution in [1.29, 1.82) is 0 Å². The van der Waals surface area contributed by atoms with Gasteiger partial charge in [-0.25, -0.2) is 4.79 Å². The Morgan fingerprint density at radius 1 is 0.880 bits per heavy atom. The molecule has 0 amide bonds. The summed E-state index contributed by atoms with van der Waals surface area (Å²) in [6.45, 7) is 2.95. The van der Waals surface area contributed by atoms with Crippen LogP contribution in [0.2, 0.25) is 5.02 Å².